The van der Waals surface area contributed by atoms with E-state index in [-0.39, 0.29) is 0 Å². The van der Waals surface area contributed by atoms with E-state index in [2.05, 4.69) is 34.5 Å². The van der Waals surface area contributed by atoms with Gasteiger partial charge in [0.05, 0.1) is 18.5 Å². The van der Waals surface area contributed by atoms with Gasteiger partial charge in [0.2, 0.25) is 0 Å². The molecule has 27 heavy (non-hydrogen) atoms. The van der Waals surface area contributed by atoms with Gasteiger partial charge in [-0.3, -0.25) is 0 Å². The Morgan fingerprint density at radius 3 is 2.33 bits per heavy atom. The number of ether oxygens (including phenoxy) is 1. The standard InChI is InChI=1S/C22H22ClN3O/c1-27-20-7-5-16(6-8-20)21-14-18(23)15-22(25-21)17-3-2-4-19(13-17)26-11-9-24-10-12-26/h2-8,13-15,24H,9-12H2,1H3. The van der Waals surface area contributed by atoms with E-state index in [0.29, 0.717) is 5.02 Å². The van der Waals surface area contributed by atoms with E-state index in [0.717, 1.165) is 54.4 Å². The van der Waals surface area contributed by atoms with Gasteiger partial charge in [0.1, 0.15) is 5.75 Å². The van der Waals surface area contributed by atoms with Crippen LogP contribution in [0.2, 0.25) is 5.02 Å². The van der Waals surface area contributed by atoms with Crippen LogP contribution in [-0.2, 0) is 0 Å². The molecule has 138 valence electrons. The lowest BCUT2D eigenvalue weighted by molar-refractivity contribution is 0.415. The van der Waals surface area contributed by atoms with Crippen LogP contribution in [0.5, 0.6) is 5.75 Å². The summed E-state index contributed by atoms with van der Waals surface area (Å²) in [5.74, 6) is 0.824. The Bertz CT molecular complexity index is 921. The molecule has 1 saturated heterocycles. The predicted octanol–water partition coefficient (Wildman–Crippen LogP) is 4.49. The first-order valence-electron chi connectivity index (χ1n) is 9.11. The number of nitrogens with one attached hydrogen (secondary N) is 1. The van der Waals surface area contributed by atoms with Crippen molar-refractivity contribution >= 4 is 17.3 Å². The highest BCUT2D eigenvalue weighted by Gasteiger charge is 2.12. The van der Waals surface area contributed by atoms with Gasteiger partial charge in [-0.2, -0.15) is 0 Å². The van der Waals surface area contributed by atoms with Crippen molar-refractivity contribution in [3.8, 4) is 28.3 Å². The number of hydrogen-bond acceptors (Lipinski definition) is 4. The molecule has 4 nitrogen and oxygen atoms in total. The largest absolute Gasteiger partial charge is 0.497 e. The minimum atomic E-state index is 0.679. The van der Waals surface area contributed by atoms with Crippen molar-refractivity contribution in [2.75, 3.05) is 38.2 Å². The van der Waals surface area contributed by atoms with Crippen LogP contribution in [0.25, 0.3) is 22.5 Å². The van der Waals surface area contributed by atoms with Crippen molar-refractivity contribution in [3.63, 3.8) is 0 Å². The van der Waals surface area contributed by atoms with Gasteiger partial charge in [-0.15, -0.1) is 0 Å². The number of anilines is 1. The van der Waals surface area contributed by atoms with Gasteiger partial charge >= 0.3 is 0 Å². The third-order valence-corrected chi connectivity index (χ3v) is 5.02. The number of methoxy groups -OCH3 is 1. The van der Waals surface area contributed by atoms with Crippen LogP contribution in [0.3, 0.4) is 0 Å². The molecule has 1 fully saturated rings. The van der Waals surface area contributed by atoms with E-state index in [9.17, 15) is 0 Å². The first kappa shape index (κ1) is 17.8. The lowest BCUT2D eigenvalue weighted by Crippen LogP contribution is -2.43. The fraction of sp³-hybridized carbons (Fsp3) is 0.227. The predicted molar refractivity (Wildman–Crippen MR) is 112 cm³/mol. The van der Waals surface area contributed by atoms with Crippen molar-refractivity contribution in [2.24, 2.45) is 0 Å². The molecule has 1 N–H and O–H groups in total. The maximum Gasteiger partial charge on any atom is 0.118 e. The topological polar surface area (TPSA) is 37.4 Å². The monoisotopic (exact) mass is 379 g/mol. The van der Waals surface area contributed by atoms with E-state index in [1.165, 1.54) is 5.69 Å². The fourth-order valence-corrected chi connectivity index (χ4v) is 3.55. The van der Waals surface area contributed by atoms with Gasteiger partial charge in [0.25, 0.3) is 0 Å². The van der Waals surface area contributed by atoms with Crippen LogP contribution in [-0.4, -0.2) is 38.3 Å². The molecule has 0 spiro atoms. The van der Waals surface area contributed by atoms with Gasteiger partial charge in [0, 0.05) is 48.0 Å². The number of nitrogens with zero attached hydrogens (tertiary/aromatic N) is 2. The lowest BCUT2D eigenvalue weighted by Gasteiger charge is -2.29. The molecule has 2 aromatic carbocycles. The summed E-state index contributed by atoms with van der Waals surface area (Å²) in [5.41, 5.74) is 5.04. The zero-order chi connectivity index (χ0) is 18.6. The third-order valence-electron chi connectivity index (χ3n) is 4.80. The Balaban J connectivity index is 1.68. The zero-order valence-electron chi connectivity index (χ0n) is 15.3. The SMILES string of the molecule is COc1ccc(-c2cc(Cl)cc(-c3cccc(N4CCNCC4)c3)n2)cc1. The van der Waals surface area contributed by atoms with Crippen LogP contribution in [0, 0.1) is 0 Å². The summed E-state index contributed by atoms with van der Waals surface area (Å²) in [5, 5.41) is 4.07. The summed E-state index contributed by atoms with van der Waals surface area (Å²) in [7, 11) is 1.66. The maximum absolute atomic E-state index is 6.41. The maximum atomic E-state index is 6.41. The van der Waals surface area contributed by atoms with Crippen molar-refractivity contribution in [3.05, 3.63) is 65.7 Å². The second kappa shape index (κ2) is 7.99. The van der Waals surface area contributed by atoms with Crippen LogP contribution in [0.1, 0.15) is 0 Å². The normalized spacial score (nSPS) is 14.2. The highest BCUT2D eigenvalue weighted by atomic mass is 35.5. The Labute approximate surface area is 164 Å². The minimum absolute atomic E-state index is 0.679. The quantitative estimate of drug-likeness (QED) is 0.724. The highest BCUT2D eigenvalue weighted by molar-refractivity contribution is 6.31. The molecule has 2 heterocycles. The Morgan fingerprint density at radius 1 is 0.926 bits per heavy atom. The van der Waals surface area contributed by atoms with Crippen molar-refractivity contribution in [1.82, 2.24) is 10.3 Å². The molecule has 4 rings (SSSR count). The summed E-state index contributed by atoms with van der Waals surface area (Å²) in [6.07, 6.45) is 0. The second-order valence-electron chi connectivity index (χ2n) is 6.57. The summed E-state index contributed by atoms with van der Waals surface area (Å²) in [6.45, 7) is 4.07. The minimum Gasteiger partial charge on any atom is -0.497 e. The number of piperazine rings is 1. The molecule has 0 bridgehead atoms. The van der Waals surface area contributed by atoms with Gasteiger partial charge in [-0.25, -0.2) is 4.98 Å². The van der Waals surface area contributed by atoms with Crippen molar-refractivity contribution in [2.45, 2.75) is 0 Å². The Morgan fingerprint density at radius 2 is 1.63 bits per heavy atom. The van der Waals surface area contributed by atoms with E-state index in [4.69, 9.17) is 21.3 Å². The third kappa shape index (κ3) is 4.07. The summed E-state index contributed by atoms with van der Waals surface area (Å²) in [4.78, 5) is 7.26. The number of benzene rings is 2. The molecule has 1 aliphatic heterocycles. The Kier molecular flexibility index (Phi) is 5.28. The lowest BCUT2D eigenvalue weighted by atomic mass is 10.1. The average Bonchev–Trinajstić information content (AvgIpc) is 2.74. The number of halogens is 1. The molecule has 0 radical (unpaired) electrons. The summed E-state index contributed by atoms with van der Waals surface area (Å²) < 4.78 is 5.24. The molecule has 0 atom stereocenters. The number of pyridine rings is 1. The molecular formula is C22H22ClN3O. The number of aromatic nitrogens is 1. The van der Waals surface area contributed by atoms with Crippen LogP contribution < -0.4 is 15.0 Å². The molecule has 0 amide bonds. The Hall–Kier alpha value is -2.56. The van der Waals surface area contributed by atoms with Crippen LogP contribution >= 0.6 is 11.6 Å². The van der Waals surface area contributed by atoms with Crippen LogP contribution in [0.4, 0.5) is 5.69 Å². The van der Waals surface area contributed by atoms with Gasteiger partial charge < -0.3 is 15.0 Å². The van der Waals surface area contributed by atoms with E-state index >= 15 is 0 Å². The second-order valence-corrected chi connectivity index (χ2v) is 7.01. The molecule has 5 heteroatoms. The van der Waals surface area contributed by atoms with E-state index in [1.807, 2.05) is 36.4 Å². The van der Waals surface area contributed by atoms with Gasteiger partial charge in [-0.05, 0) is 48.5 Å². The summed E-state index contributed by atoms with van der Waals surface area (Å²) in [6, 6.07) is 20.2. The smallest absolute Gasteiger partial charge is 0.118 e. The van der Waals surface area contributed by atoms with Gasteiger partial charge in [-0.1, -0.05) is 23.7 Å². The zero-order valence-corrected chi connectivity index (χ0v) is 16.0. The molecule has 0 unspecified atom stereocenters. The fourth-order valence-electron chi connectivity index (χ4n) is 3.34. The number of hydrogen-bond donors (Lipinski definition) is 1. The first-order chi connectivity index (χ1) is 13.2. The number of rotatable bonds is 4. The van der Waals surface area contributed by atoms with Gasteiger partial charge in [0.15, 0.2) is 0 Å². The summed E-state index contributed by atoms with van der Waals surface area (Å²) >= 11 is 6.41. The molecule has 1 aromatic heterocycles. The molecular weight excluding hydrogens is 358 g/mol. The average molecular weight is 380 g/mol. The van der Waals surface area contributed by atoms with Crippen LogP contribution in [0.15, 0.2) is 60.7 Å². The molecule has 1 aliphatic rings. The van der Waals surface area contributed by atoms with E-state index in [1.54, 1.807) is 7.11 Å². The van der Waals surface area contributed by atoms with E-state index < -0.39 is 0 Å². The first-order valence-corrected chi connectivity index (χ1v) is 9.49. The van der Waals surface area contributed by atoms with Crippen molar-refractivity contribution < 1.29 is 4.74 Å². The van der Waals surface area contributed by atoms with Crippen molar-refractivity contribution in [1.29, 1.82) is 0 Å². The molecule has 0 saturated carbocycles. The molecule has 3 aromatic rings. The highest BCUT2D eigenvalue weighted by Crippen LogP contribution is 2.30. The molecule has 0 aliphatic carbocycles.